The highest BCUT2D eigenvalue weighted by molar-refractivity contribution is 6.06. The first-order chi connectivity index (χ1) is 11.8. The normalized spacial score (nSPS) is 14.9. The number of urea groups is 1. The maximum absolute atomic E-state index is 12.6. The van der Waals surface area contributed by atoms with E-state index in [1.165, 1.54) is 28.0 Å². The zero-order valence-corrected chi connectivity index (χ0v) is 12.7. The third-order valence-electron chi connectivity index (χ3n) is 3.77. The number of carbonyl (C=O) groups is 2. The molecule has 1 aromatic carbocycles. The van der Waals surface area contributed by atoms with Crippen LogP contribution in [0.25, 0.3) is 0 Å². The highest BCUT2D eigenvalue weighted by atomic mass is 19.4. The number of carbonyl (C=O) groups excluding carboxylic acids is 1. The fourth-order valence-electron chi connectivity index (χ4n) is 2.51. The van der Waals surface area contributed by atoms with Crippen LogP contribution in [0.5, 0.6) is 0 Å². The van der Waals surface area contributed by atoms with Gasteiger partial charge in [0.25, 0.3) is 0 Å². The zero-order chi connectivity index (χ0) is 18.2. The van der Waals surface area contributed by atoms with E-state index in [2.05, 4.69) is 4.98 Å². The highest BCUT2D eigenvalue weighted by Gasteiger charge is 2.34. The molecule has 1 aliphatic heterocycles. The summed E-state index contributed by atoms with van der Waals surface area (Å²) in [5, 5.41) is 9.02. The molecule has 3 rings (SSSR count). The number of carboxylic acids is 1. The van der Waals surface area contributed by atoms with Gasteiger partial charge in [-0.05, 0) is 30.3 Å². The van der Waals surface area contributed by atoms with Crippen LogP contribution in [0, 0.1) is 0 Å². The smallest absolute Gasteiger partial charge is 0.417 e. The first kappa shape index (κ1) is 16.7. The van der Waals surface area contributed by atoms with Gasteiger partial charge in [0.1, 0.15) is 5.82 Å². The molecule has 1 N–H and O–H groups in total. The molecule has 0 radical (unpaired) electrons. The number of nitrogens with zero attached hydrogens (tertiary/aromatic N) is 3. The van der Waals surface area contributed by atoms with Crippen LogP contribution in [0.4, 0.5) is 29.5 Å². The number of amides is 2. The summed E-state index contributed by atoms with van der Waals surface area (Å²) in [5.74, 6) is -1.01. The average molecular weight is 351 g/mol. The molecule has 2 heterocycles. The van der Waals surface area contributed by atoms with Gasteiger partial charge in [-0.25, -0.2) is 14.6 Å². The molecule has 130 valence electrons. The van der Waals surface area contributed by atoms with E-state index in [1.54, 1.807) is 6.07 Å². The van der Waals surface area contributed by atoms with Crippen molar-refractivity contribution in [1.29, 1.82) is 0 Å². The lowest BCUT2D eigenvalue weighted by molar-refractivity contribution is -0.137. The van der Waals surface area contributed by atoms with Gasteiger partial charge in [-0.2, -0.15) is 13.2 Å². The lowest BCUT2D eigenvalue weighted by atomic mass is 10.2. The molecule has 2 amide bonds. The van der Waals surface area contributed by atoms with Gasteiger partial charge in [0.2, 0.25) is 0 Å². The molecule has 6 nitrogen and oxygen atoms in total. The van der Waals surface area contributed by atoms with Crippen LogP contribution in [-0.4, -0.2) is 35.2 Å². The van der Waals surface area contributed by atoms with Crippen LogP contribution in [-0.2, 0) is 6.18 Å². The second-order valence-electron chi connectivity index (χ2n) is 5.34. The van der Waals surface area contributed by atoms with Crippen LogP contribution in [0.15, 0.2) is 42.6 Å². The van der Waals surface area contributed by atoms with Crippen molar-refractivity contribution >= 4 is 23.5 Å². The number of pyridine rings is 1. The quantitative estimate of drug-likeness (QED) is 0.921. The molecule has 1 saturated heterocycles. The van der Waals surface area contributed by atoms with E-state index in [9.17, 15) is 22.8 Å². The highest BCUT2D eigenvalue weighted by Crippen LogP contribution is 2.30. The number of carboxylic acid groups (broad SMARTS) is 1. The van der Waals surface area contributed by atoms with Gasteiger partial charge < -0.3 is 5.11 Å². The third-order valence-corrected chi connectivity index (χ3v) is 3.77. The molecular formula is C16H12F3N3O3. The summed E-state index contributed by atoms with van der Waals surface area (Å²) in [7, 11) is 0. The van der Waals surface area contributed by atoms with Crippen molar-refractivity contribution in [2.24, 2.45) is 0 Å². The Bertz CT molecular complexity index is 821. The van der Waals surface area contributed by atoms with Crippen LogP contribution in [0.3, 0.4) is 0 Å². The van der Waals surface area contributed by atoms with Crippen molar-refractivity contribution in [3.63, 3.8) is 0 Å². The summed E-state index contributed by atoms with van der Waals surface area (Å²) in [4.78, 5) is 29.9. The number of aromatic nitrogens is 1. The van der Waals surface area contributed by atoms with E-state index in [0.29, 0.717) is 11.9 Å². The largest absolute Gasteiger partial charge is 0.478 e. The predicted octanol–water partition coefficient (Wildman–Crippen LogP) is 3.25. The van der Waals surface area contributed by atoms with E-state index in [1.807, 2.05) is 0 Å². The number of aromatic carboxylic acids is 1. The van der Waals surface area contributed by atoms with Crippen molar-refractivity contribution in [3.05, 3.63) is 53.7 Å². The second-order valence-corrected chi connectivity index (χ2v) is 5.34. The molecule has 0 bridgehead atoms. The van der Waals surface area contributed by atoms with Crippen molar-refractivity contribution in [2.75, 3.05) is 22.9 Å². The minimum Gasteiger partial charge on any atom is -0.478 e. The molecular weight excluding hydrogens is 339 g/mol. The van der Waals surface area contributed by atoms with Gasteiger partial charge in [-0.1, -0.05) is 6.07 Å². The zero-order valence-electron chi connectivity index (χ0n) is 12.7. The lowest BCUT2D eigenvalue weighted by Crippen LogP contribution is -2.32. The van der Waals surface area contributed by atoms with Crippen LogP contribution < -0.4 is 9.80 Å². The van der Waals surface area contributed by atoms with Gasteiger partial charge in [0.15, 0.2) is 0 Å². The van der Waals surface area contributed by atoms with Gasteiger partial charge in [0, 0.05) is 25.0 Å². The van der Waals surface area contributed by atoms with Crippen LogP contribution in [0.2, 0.25) is 0 Å². The van der Waals surface area contributed by atoms with E-state index < -0.39 is 23.7 Å². The van der Waals surface area contributed by atoms with Crippen molar-refractivity contribution < 1.29 is 27.9 Å². The number of hydrogen-bond donors (Lipinski definition) is 1. The van der Waals surface area contributed by atoms with Crippen molar-refractivity contribution in [2.45, 2.75) is 6.18 Å². The number of hydrogen-bond acceptors (Lipinski definition) is 3. The van der Waals surface area contributed by atoms with E-state index in [-0.39, 0.29) is 24.5 Å². The Morgan fingerprint density at radius 2 is 1.84 bits per heavy atom. The number of benzene rings is 1. The molecule has 0 saturated carbocycles. The predicted molar refractivity (Wildman–Crippen MR) is 82.7 cm³/mol. The van der Waals surface area contributed by atoms with E-state index in [0.717, 1.165) is 12.1 Å². The van der Waals surface area contributed by atoms with Gasteiger partial charge in [-0.3, -0.25) is 9.80 Å². The summed E-state index contributed by atoms with van der Waals surface area (Å²) >= 11 is 0. The molecule has 1 aromatic heterocycles. The molecule has 9 heteroatoms. The van der Waals surface area contributed by atoms with Crippen molar-refractivity contribution in [3.8, 4) is 0 Å². The van der Waals surface area contributed by atoms with Gasteiger partial charge in [0.05, 0.1) is 11.1 Å². The summed E-state index contributed by atoms with van der Waals surface area (Å²) < 4.78 is 37.7. The van der Waals surface area contributed by atoms with Gasteiger partial charge in [-0.15, -0.1) is 0 Å². The lowest BCUT2D eigenvalue weighted by Gasteiger charge is -2.18. The minimum absolute atomic E-state index is 0.0383. The Labute approximate surface area is 140 Å². The molecule has 1 aliphatic rings. The maximum atomic E-state index is 12.6. The standard InChI is InChI=1S/C16H12F3N3O3/c17-16(18,19)11-4-5-13(20-9-11)22-7-6-21(15(22)25)12-3-1-2-10(8-12)14(23)24/h1-5,8-9H,6-7H2,(H,23,24). The Morgan fingerprint density at radius 1 is 1.12 bits per heavy atom. The minimum atomic E-state index is -4.50. The molecule has 1 fully saturated rings. The average Bonchev–Trinajstić information content (AvgIpc) is 2.96. The fraction of sp³-hybridized carbons (Fsp3) is 0.188. The summed E-state index contributed by atoms with van der Waals surface area (Å²) in [6.07, 6.45) is -3.82. The Balaban J connectivity index is 1.82. The SMILES string of the molecule is O=C(O)c1cccc(N2CCN(c3ccc(C(F)(F)F)cn3)C2=O)c1. The van der Waals surface area contributed by atoms with E-state index in [4.69, 9.17) is 5.11 Å². The van der Waals surface area contributed by atoms with E-state index >= 15 is 0 Å². The maximum Gasteiger partial charge on any atom is 0.417 e. The number of halogens is 3. The molecule has 0 unspecified atom stereocenters. The van der Waals surface area contributed by atoms with Gasteiger partial charge >= 0.3 is 18.2 Å². The molecule has 2 aromatic rings. The summed E-state index contributed by atoms with van der Waals surface area (Å²) in [6.45, 7) is 0.499. The molecule has 0 aliphatic carbocycles. The van der Waals surface area contributed by atoms with Crippen molar-refractivity contribution in [1.82, 2.24) is 4.98 Å². The molecule has 0 atom stereocenters. The summed E-state index contributed by atoms with van der Waals surface area (Å²) in [6, 6.07) is 7.40. The Kier molecular flexibility index (Phi) is 4.07. The topological polar surface area (TPSA) is 73.7 Å². The first-order valence-corrected chi connectivity index (χ1v) is 7.23. The monoisotopic (exact) mass is 351 g/mol. The number of rotatable bonds is 3. The fourth-order valence-corrected chi connectivity index (χ4v) is 2.51. The number of anilines is 2. The third kappa shape index (κ3) is 3.25. The first-order valence-electron chi connectivity index (χ1n) is 7.23. The summed E-state index contributed by atoms with van der Waals surface area (Å²) in [5.41, 5.74) is -0.454. The van der Waals surface area contributed by atoms with Crippen LogP contribution >= 0.6 is 0 Å². The number of alkyl halides is 3. The Morgan fingerprint density at radius 3 is 2.44 bits per heavy atom. The molecule has 0 spiro atoms. The van der Waals surface area contributed by atoms with Crippen LogP contribution in [0.1, 0.15) is 15.9 Å². The second kappa shape index (κ2) is 6.08. The molecule has 25 heavy (non-hydrogen) atoms. The Hall–Kier alpha value is -3.10.